The number of carbonyl (C=O) groups excluding carboxylic acids is 5. The number of halogens is 1. The van der Waals surface area contributed by atoms with Crippen molar-refractivity contribution >= 4 is 45.5 Å². The van der Waals surface area contributed by atoms with E-state index in [0.717, 1.165) is 49.0 Å². The molecule has 0 radical (unpaired) electrons. The summed E-state index contributed by atoms with van der Waals surface area (Å²) in [7, 11) is 0. The van der Waals surface area contributed by atoms with Gasteiger partial charge in [-0.05, 0) is 45.1 Å². The van der Waals surface area contributed by atoms with Gasteiger partial charge in [0, 0.05) is 55.3 Å². The molecule has 5 amide bonds. The third-order valence-electron chi connectivity index (χ3n) is 16.7. The second-order valence-electron chi connectivity index (χ2n) is 21.2. The van der Waals surface area contributed by atoms with Gasteiger partial charge in [-0.25, -0.2) is 0 Å². The van der Waals surface area contributed by atoms with E-state index in [9.17, 15) is 24.0 Å². The van der Waals surface area contributed by atoms with Crippen LogP contribution >= 0.6 is 15.9 Å². The molecule has 13 atom stereocenters. The highest BCUT2D eigenvalue weighted by molar-refractivity contribution is 9.11. The van der Waals surface area contributed by atoms with Crippen molar-refractivity contribution in [1.29, 1.82) is 0 Å². The fraction of sp³-hybridized carbons (Fsp3) is 0.426. The highest BCUT2D eigenvalue weighted by Gasteiger charge is 2.51. The third kappa shape index (κ3) is 10.8. The molecule has 0 bridgehead atoms. The number of benzene rings is 4. The zero-order valence-corrected chi connectivity index (χ0v) is 46.5. The van der Waals surface area contributed by atoms with Gasteiger partial charge in [0.25, 0.3) is 17.7 Å². The maximum atomic E-state index is 12.2. The highest BCUT2D eigenvalue weighted by Crippen LogP contribution is 2.44. The van der Waals surface area contributed by atoms with E-state index >= 15 is 0 Å². The number of rotatable bonds is 5. The Morgan fingerprint density at radius 1 is 0.519 bits per heavy atom. The Balaban J connectivity index is 0.000000119. The second-order valence-corrected chi connectivity index (χ2v) is 22.0. The van der Waals surface area contributed by atoms with Crippen molar-refractivity contribution in [3.63, 3.8) is 0 Å². The zero-order valence-electron chi connectivity index (χ0n) is 45.0. The fourth-order valence-corrected chi connectivity index (χ4v) is 11.9. The second kappa shape index (κ2) is 23.8. The summed E-state index contributed by atoms with van der Waals surface area (Å²) in [5.74, 6) is 1.38. The van der Waals surface area contributed by atoms with Crippen molar-refractivity contribution < 1.29 is 48.0 Å². The van der Waals surface area contributed by atoms with Crippen molar-refractivity contribution in [1.82, 2.24) is 24.9 Å². The van der Waals surface area contributed by atoms with Gasteiger partial charge in [0.15, 0.2) is 24.9 Å². The van der Waals surface area contributed by atoms with E-state index in [1.54, 1.807) is 0 Å². The largest absolute Gasteiger partial charge is 0.394 e. The van der Waals surface area contributed by atoms with Crippen molar-refractivity contribution in [2.24, 2.45) is 23.7 Å². The Morgan fingerprint density at radius 3 is 1.42 bits per heavy atom. The average molecular weight is 1110 g/mol. The standard InChI is InChI=1S/C14H17NO2.C14H15NO2.C13H12BrNO2.C13H13NO2.C7H13NO2/c2*1-9-10(2)13(16)15-12(9)8-17-14(15)11-6-4-3-5-7-11;1-8-11(14)10-7-17-13(15(10)12(8)16)9-5-3-2-4-6-9;1-9-7-11-8-16-13(14(11)12(9)15)10-5-3-2-4-6-10;1-4-5(2)7(10)8-6(4)3-9/h3-7,9-10,12,14H,8H2,1-2H3;3-7,12,14H,8H2,1-2H3;2-6,10,13H,7H2,1H3;2-7,11,13H,8H2,1H3;4-6,9H,3H2,1-2H3,(H,8,10)/t9?,10?,12-,14?;12-,14?;10-,13?;11-,13?;4?,5?,6-/m00010/s1. The number of nitrogens with zero attached hydrogens (tertiary/aromatic N) is 4. The Bertz CT molecular complexity index is 2760. The summed E-state index contributed by atoms with van der Waals surface area (Å²) in [6.07, 6.45) is 1.12. The fourth-order valence-electron chi connectivity index (χ4n) is 11.4. The molecule has 2 N–H and O–H groups in total. The summed E-state index contributed by atoms with van der Waals surface area (Å²) in [5, 5.41) is 11.5. The molecule has 0 aliphatic carbocycles. The lowest BCUT2D eigenvalue weighted by Crippen LogP contribution is -2.33. The quantitative estimate of drug-likeness (QED) is 0.197. The van der Waals surface area contributed by atoms with E-state index in [4.69, 9.17) is 24.1 Å². The molecule has 4 aromatic carbocycles. The molecule has 0 aromatic heterocycles. The molecule has 9 aliphatic heterocycles. The number of aliphatic hydroxyl groups is 1. The molecule has 13 rings (SSSR count). The summed E-state index contributed by atoms with van der Waals surface area (Å²) < 4.78 is 23.9. The normalized spacial score (nSPS) is 31.4. The molecule has 0 spiro atoms. The lowest BCUT2D eigenvalue weighted by Gasteiger charge is -2.23. The van der Waals surface area contributed by atoms with Crippen LogP contribution in [0.2, 0.25) is 0 Å². The predicted octanol–water partition coefficient (Wildman–Crippen LogP) is 8.68. The Morgan fingerprint density at radius 2 is 0.948 bits per heavy atom. The van der Waals surface area contributed by atoms with Crippen LogP contribution in [0, 0.1) is 23.7 Å². The van der Waals surface area contributed by atoms with Crippen LogP contribution in [-0.4, -0.2) is 117 Å². The van der Waals surface area contributed by atoms with Gasteiger partial charge in [0.2, 0.25) is 11.8 Å². The first kappa shape index (κ1) is 55.5. The van der Waals surface area contributed by atoms with Crippen LogP contribution in [0.3, 0.4) is 0 Å². The van der Waals surface area contributed by atoms with Crippen LogP contribution in [0.4, 0.5) is 0 Å². The van der Waals surface area contributed by atoms with Crippen LogP contribution in [0.15, 0.2) is 154 Å². The van der Waals surface area contributed by atoms with E-state index in [-0.39, 0.29) is 109 Å². The molecule has 9 aliphatic rings. The molecular formula is C61H70BrN5O10. The van der Waals surface area contributed by atoms with Crippen molar-refractivity contribution in [3.05, 3.63) is 176 Å². The molecule has 16 heteroatoms. The first-order chi connectivity index (χ1) is 37.0. The van der Waals surface area contributed by atoms with Crippen LogP contribution in [-0.2, 0) is 42.9 Å². The van der Waals surface area contributed by atoms with Crippen LogP contribution in [0.5, 0.6) is 0 Å². The van der Waals surface area contributed by atoms with Gasteiger partial charge in [0.05, 0.1) is 63.2 Å². The monoisotopic (exact) mass is 1110 g/mol. The van der Waals surface area contributed by atoms with Gasteiger partial charge < -0.3 is 39.2 Å². The summed E-state index contributed by atoms with van der Waals surface area (Å²) in [6.45, 7) is 18.1. The molecule has 8 unspecified atom stereocenters. The van der Waals surface area contributed by atoms with Gasteiger partial charge in [-0.2, -0.15) is 0 Å². The topological polar surface area (TPSA) is 167 Å². The highest BCUT2D eigenvalue weighted by atomic mass is 79.9. The van der Waals surface area contributed by atoms with Crippen LogP contribution < -0.4 is 5.32 Å². The molecule has 77 heavy (non-hydrogen) atoms. The first-order valence-corrected chi connectivity index (χ1v) is 27.4. The number of fused-ring (bicyclic) bond motifs is 4. The number of aliphatic hydroxyl groups excluding tert-OH is 1. The number of hydrogen-bond donors (Lipinski definition) is 2. The molecule has 6 fully saturated rings. The van der Waals surface area contributed by atoms with E-state index in [1.807, 2.05) is 195 Å². The predicted molar refractivity (Wildman–Crippen MR) is 293 cm³/mol. The van der Waals surface area contributed by atoms with E-state index in [0.29, 0.717) is 32.3 Å². The maximum Gasteiger partial charge on any atom is 0.253 e. The summed E-state index contributed by atoms with van der Waals surface area (Å²) in [6, 6.07) is 40.2. The Hall–Kier alpha value is -6.27. The minimum absolute atomic E-state index is 0.0255. The lowest BCUT2D eigenvalue weighted by molar-refractivity contribution is -0.137. The van der Waals surface area contributed by atoms with E-state index in [1.165, 1.54) is 0 Å². The van der Waals surface area contributed by atoms with Crippen LogP contribution in [0.1, 0.15) is 103 Å². The molecule has 6 saturated heterocycles. The molecular weight excluding hydrogens is 1040 g/mol. The third-order valence-corrected chi connectivity index (χ3v) is 17.8. The minimum atomic E-state index is -0.251. The SMILES string of the molecule is CC1=C(Br)[C@@H]2COC(c3ccccc3)N2C1=O.CC1=C(C)[C@@H]2COC(c3ccccc3)N2C1=O.CC1=C[C@@H]2COC(c3ccccc3)N2C1=O.CC1C(=O)N2C(c3ccccc3)OC[C@H]2C1C.CC1C(=O)N[C@@H](CO)C1C. The molecule has 15 nitrogen and oxygen atoms in total. The van der Waals surface area contributed by atoms with Gasteiger partial charge in [-0.1, -0.05) is 171 Å². The number of nitrogens with one attached hydrogen (secondary N) is 1. The lowest BCUT2D eigenvalue weighted by atomic mass is 9.94. The zero-order chi connectivity index (χ0) is 54.8. The van der Waals surface area contributed by atoms with Gasteiger partial charge in [-0.15, -0.1) is 0 Å². The molecule has 0 saturated carbocycles. The number of hydrogen-bond acceptors (Lipinski definition) is 10. The van der Waals surface area contributed by atoms with Gasteiger partial charge >= 0.3 is 0 Å². The van der Waals surface area contributed by atoms with Crippen molar-refractivity contribution in [2.75, 3.05) is 33.0 Å². The summed E-state index contributed by atoms with van der Waals surface area (Å²) in [5.41, 5.74) is 7.83. The van der Waals surface area contributed by atoms with Gasteiger partial charge in [0.1, 0.15) is 0 Å². The van der Waals surface area contributed by atoms with Gasteiger partial charge in [-0.3, -0.25) is 33.8 Å². The average Bonchev–Trinajstić information content (AvgIpc) is 4.39. The summed E-state index contributed by atoms with van der Waals surface area (Å²) in [4.78, 5) is 66.8. The Kier molecular flexibility index (Phi) is 17.1. The van der Waals surface area contributed by atoms with E-state index in [2.05, 4.69) is 28.2 Å². The smallest absolute Gasteiger partial charge is 0.253 e. The maximum absolute atomic E-state index is 12.2. The molecule has 4 aromatic rings. The van der Waals surface area contributed by atoms with Crippen molar-refractivity contribution in [2.45, 2.75) is 111 Å². The molecule has 406 valence electrons. The minimum Gasteiger partial charge on any atom is -0.394 e. The number of amides is 5. The van der Waals surface area contributed by atoms with Crippen LogP contribution in [0.25, 0.3) is 0 Å². The van der Waals surface area contributed by atoms with E-state index < -0.39 is 0 Å². The number of carbonyl (C=O) groups is 5. The summed E-state index contributed by atoms with van der Waals surface area (Å²) >= 11 is 3.49. The first-order valence-electron chi connectivity index (χ1n) is 26.6. The number of ether oxygens (including phenoxy) is 4. The Labute approximate surface area is 460 Å². The van der Waals surface area contributed by atoms with Crippen molar-refractivity contribution in [3.8, 4) is 0 Å². The molecule has 9 heterocycles.